The van der Waals surface area contributed by atoms with Crippen LogP contribution in [0.3, 0.4) is 0 Å². The molecule has 5 nitrogen and oxygen atoms in total. The van der Waals surface area contributed by atoms with E-state index in [0.717, 1.165) is 36.6 Å². The van der Waals surface area contributed by atoms with E-state index >= 15 is 0 Å². The number of benzene rings is 1. The van der Waals surface area contributed by atoms with Gasteiger partial charge in [0.25, 0.3) is 5.91 Å². The van der Waals surface area contributed by atoms with Crippen LogP contribution in [0.2, 0.25) is 0 Å². The van der Waals surface area contributed by atoms with Crippen LogP contribution < -0.4 is 9.75 Å². The van der Waals surface area contributed by atoms with Crippen molar-refractivity contribution in [3.05, 3.63) is 24.3 Å². The van der Waals surface area contributed by atoms with E-state index in [1.54, 1.807) is 7.11 Å². The molecule has 2 unspecified atom stereocenters. The van der Waals surface area contributed by atoms with Gasteiger partial charge in [0, 0.05) is 12.0 Å². The van der Waals surface area contributed by atoms with E-state index in [9.17, 15) is 4.79 Å². The summed E-state index contributed by atoms with van der Waals surface area (Å²) in [5.41, 5.74) is 0.346. The van der Waals surface area contributed by atoms with Gasteiger partial charge in [-0.05, 0) is 75.8 Å². The summed E-state index contributed by atoms with van der Waals surface area (Å²) in [6.45, 7) is 4.18. The minimum absolute atomic E-state index is 0.0270. The topological polar surface area (TPSA) is 42.0 Å². The molecule has 28 heavy (non-hydrogen) atoms. The van der Waals surface area contributed by atoms with Gasteiger partial charge in [-0.15, -0.1) is 11.6 Å². The number of carbonyl (C=O) groups excluding carboxylic acids is 1. The molecule has 2 atom stereocenters. The van der Waals surface area contributed by atoms with E-state index in [2.05, 4.69) is 5.01 Å². The molecule has 1 heterocycles. The fourth-order valence-electron chi connectivity index (χ4n) is 6.55. The summed E-state index contributed by atoms with van der Waals surface area (Å²) >= 11 is 6.94. The maximum Gasteiger partial charge on any atom is 0.268 e. The number of para-hydroxylation sites is 2. The number of rotatable bonds is 5. The average Bonchev–Trinajstić information content (AvgIpc) is 2.64. The second-order valence-corrected chi connectivity index (χ2v) is 10.5. The van der Waals surface area contributed by atoms with E-state index in [-0.39, 0.29) is 23.6 Å². The van der Waals surface area contributed by atoms with Crippen molar-refractivity contribution < 1.29 is 14.3 Å². The van der Waals surface area contributed by atoms with Crippen molar-refractivity contribution in [2.24, 2.45) is 17.8 Å². The molecular formula is C22H29ClN2O3. The van der Waals surface area contributed by atoms with Gasteiger partial charge in [0.15, 0.2) is 6.79 Å². The van der Waals surface area contributed by atoms with Crippen molar-refractivity contribution in [3.63, 3.8) is 0 Å². The molecule has 6 rings (SSSR count). The van der Waals surface area contributed by atoms with Gasteiger partial charge in [-0.1, -0.05) is 12.1 Å². The number of carbonyl (C=O) groups is 1. The summed E-state index contributed by atoms with van der Waals surface area (Å²) in [6.07, 6.45) is 5.63. The Labute approximate surface area is 171 Å². The predicted molar refractivity (Wildman–Crippen MR) is 108 cm³/mol. The minimum Gasteiger partial charge on any atom is -0.465 e. The van der Waals surface area contributed by atoms with Crippen molar-refractivity contribution >= 4 is 23.2 Å². The van der Waals surface area contributed by atoms with E-state index in [1.165, 1.54) is 12.8 Å². The van der Waals surface area contributed by atoms with Crippen LogP contribution >= 0.6 is 11.6 Å². The summed E-state index contributed by atoms with van der Waals surface area (Å²) in [6, 6.07) is 8.17. The van der Waals surface area contributed by atoms with E-state index in [4.69, 9.17) is 21.1 Å². The predicted octanol–water partition coefficient (Wildman–Crippen LogP) is 4.20. The standard InChI is InChI=1S/C22H29ClN2O3/c1-21(2)20(26)24(25(21)17-6-4-5-7-18(17)28-13-27-3)19-15-8-14-9-16(19)12-22(23,10-14)11-15/h4-7,14-16,19H,8-13H2,1-3H3/t14?,15?,16?,19-,22-. The fourth-order valence-corrected chi connectivity index (χ4v) is 7.16. The number of nitrogens with zero attached hydrogens (tertiary/aromatic N) is 2. The summed E-state index contributed by atoms with van der Waals surface area (Å²) in [7, 11) is 1.61. The van der Waals surface area contributed by atoms with Crippen LogP contribution in [0.15, 0.2) is 24.3 Å². The molecule has 4 aliphatic carbocycles. The molecule has 4 saturated carbocycles. The van der Waals surface area contributed by atoms with Crippen LogP contribution in [0.5, 0.6) is 5.75 Å². The molecular weight excluding hydrogens is 376 g/mol. The Hall–Kier alpha value is -1.46. The highest BCUT2D eigenvalue weighted by molar-refractivity contribution is 6.24. The van der Waals surface area contributed by atoms with Crippen LogP contribution in [-0.4, -0.2) is 41.3 Å². The van der Waals surface area contributed by atoms with Crippen molar-refractivity contribution in [2.75, 3.05) is 18.9 Å². The van der Waals surface area contributed by atoms with Crippen LogP contribution in [0.4, 0.5) is 5.69 Å². The SMILES string of the molecule is COCOc1ccccc1N1N([C@H]2C3CC4CC2C[C@](Cl)(C4)C3)C(=O)C1(C)C. The quantitative estimate of drug-likeness (QED) is 0.545. The average molecular weight is 405 g/mol. The number of anilines is 1. The maximum absolute atomic E-state index is 13.3. The zero-order valence-electron chi connectivity index (χ0n) is 16.9. The Morgan fingerprint density at radius 3 is 2.46 bits per heavy atom. The van der Waals surface area contributed by atoms with Crippen LogP contribution in [0, 0.1) is 17.8 Å². The van der Waals surface area contributed by atoms with Crippen molar-refractivity contribution in [2.45, 2.75) is 62.4 Å². The summed E-state index contributed by atoms with van der Waals surface area (Å²) < 4.78 is 10.9. The molecule has 1 amide bonds. The number of hydrogen-bond acceptors (Lipinski definition) is 4. The molecule has 1 saturated heterocycles. The monoisotopic (exact) mass is 404 g/mol. The third-order valence-electron chi connectivity index (χ3n) is 7.33. The molecule has 4 bridgehead atoms. The Morgan fingerprint density at radius 1 is 1.14 bits per heavy atom. The zero-order chi connectivity index (χ0) is 19.7. The highest BCUT2D eigenvalue weighted by Crippen LogP contribution is 2.61. The second-order valence-electron chi connectivity index (χ2n) is 9.65. The normalized spacial score (nSPS) is 37.9. The van der Waals surface area contributed by atoms with Crippen LogP contribution in [-0.2, 0) is 9.53 Å². The number of ether oxygens (including phenoxy) is 2. The zero-order valence-corrected chi connectivity index (χ0v) is 17.6. The molecule has 1 aliphatic heterocycles. The van der Waals surface area contributed by atoms with Crippen LogP contribution in [0.25, 0.3) is 0 Å². The molecule has 5 fully saturated rings. The maximum atomic E-state index is 13.3. The molecule has 0 N–H and O–H groups in total. The molecule has 0 aromatic heterocycles. The number of hydrogen-bond donors (Lipinski definition) is 0. The first-order valence-corrected chi connectivity index (χ1v) is 10.8. The van der Waals surface area contributed by atoms with Crippen molar-refractivity contribution in [1.82, 2.24) is 5.01 Å². The third kappa shape index (κ3) is 2.58. The minimum atomic E-state index is -0.583. The molecule has 152 valence electrons. The van der Waals surface area contributed by atoms with Gasteiger partial charge in [-0.25, -0.2) is 5.01 Å². The fraction of sp³-hybridized carbons (Fsp3) is 0.682. The lowest BCUT2D eigenvalue weighted by Gasteiger charge is -2.67. The lowest BCUT2D eigenvalue weighted by molar-refractivity contribution is -0.169. The number of methoxy groups -OCH3 is 1. The second kappa shape index (κ2) is 6.27. The van der Waals surface area contributed by atoms with Gasteiger partial charge in [-0.3, -0.25) is 9.80 Å². The van der Waals surface area contributed by atoms with Gasteiger partial charge in [0.05, 0.1) is 6.04 Å². The number of alkyl halides is 1. The first kappa shape index (κ1) is 18.6. The van der Waals surface area contributed by atoms with Gasteiger partial charge >= 0.3 is 0 Å². The Morgan fingerprint density at radius 2 is 1.82 bits per heavy atom. The van der Waals surface area contributed by atoms with Gasteiger partial charge in [0.2, 0.25) is 0 Å². The van der Waals surface area contributed by atoms with E-state index < -0.39 is 5.54 Å². The smallest absolute Gasteiger partial charge is 0.268 e. The van der Waals surface area contributed by atoms with Crippen LogP contribution in [0.1, 0.15) is 46.0 Å². The van der Waals surface area contributed by atoms with Gasteiger partial charge in [0.1, 0.15) is 17.0 Å². The first-order chi connectivity index (χ1) is 13.3. The third-order valence-corrected chi connectivity index (χ3v) is 7.80. The highest BCUT2D eigenvalue weighted by atomic mass is 35.5. The Bertz CT molecular complexity index is 782. The van der Waals surface area contributed by atoms with E-state index in [1.807, 2.05) is 43.1 Å². The molecule has 1 aromatic carbocycles. The first-order valence-electron chi connectivity index (χ1n) is 10.4. The molecule has 0 spiro atoms. The molecule has 0 radical (unpaired) electrons. The lowest BCUT2D eigenvalue weighted by atomic mass is 9.53. The number of halogens is 1. The summed E-state index contributed by atoms with van der Waals surface area (Å²) in [5.74, 6) is 2.68. The number of hydrazine groups is 1. The molecule has 1 aromatic rings. The number of amides is 1. The van der Waals surface area contributed by atoms with Crippen molar-refractivity contribution in [3.8, 4) is 5.75 Å². The highest BCUT2D eigenvalue weighted by Gasteiger charge is 2.63. The Kier molecular flexibility index (Phi) is 4.15. The largest absolute Gasteiger partial charge is 0.465 e. The van der Waals surface area contributed by atoms with Gasteiger partial charge < -0.3 is 9.47 Å². The van der Waals surface area contributed by atoms with Gasteiger partial charge in [-0.2, -0.15) is 0 Å². The lowest BCUT2D eigenvalue weighted by Crippen LogP contribution is -2.80. The molecule has 6 heteroatoms. The summed E-state index contributed by atoms with van der Waals surface area (Å²) in [4.78, 5) is 13.3. The van der Waals surface area contributed by atoms with Crippen molar-refractivity contribution in [1.29, 1.82) is 0 Å². The molecule has 5 aliphatic rings. The Balaban J connectivity index is 1.50. The van der Waals surface area contributed by atoms with E-state index in [0.29, 0.717) is 11.8 Å². The summed E-state index contributed by atoms with van der Waals surface area (Å²) in [5, 5.41) is 4.20.